The average Bonchev–Trinajstić information content (AvgIpc) is 3.30. The highest BCUT2D eigenvalue weighted by Gasteiger charge is 2.24. The molecule has 0 aromatic rings. The van der Waals surface area contributed by atoms with E-state index >= 15 is 0 Å². The number of allylic oxidation sites excluding steroid dienone is 8. The summed E-state index contributed by atoms with van der Waals surface area (Å²) in [5, 5.41) is 23.9. The minimum Gasteiger partial charge on any atom is -0.462 e. The van der Waals surface area contributed by atoms with Crippen LogP contribution in [0.4, 0.5) is 0 Å². The number of carbonyl (C=O) groups is 2. The van der Waals surface area contributed by atoms with E-state index in [2.05, 4.69) is 74.7 Å². The number of aliphatic hydroxyl groups is 2. The summed E-state index contributed by atoms with van der Waals surface area (Å²) in [5.41, 5.74) is 0. The van der Waals surface area contributed by atoms with Crippen molar-refractivity contribution in [3.8, 4) is 0 Å². The van der Waals surface area contributed by atoms with Crippen LogP contribution in [0.15, 0.2) is 48.6 Å². The van der Waals surface area contributed by atoms with Gasteiger partial charge in [-0.2, -0.15) is 0 Å². The van der Waals surface area contributed by atoms with Crippen molar-refractivity contribution in [1.29, 1.82) is 0 Å². The normalized spacial score (nSPS) is 13.5. The van der Waals surface area contributed by atoms with E-state index in [1.165, 1.54) is 148 Å². The maximum atomic E-state index is 13.3. The number of hydrogen-bond acceptors (Lipinski definition) is 5. The summed E-state index contributed by atoms with van der Waals surface area (Å²) in [6.45, 7) is 6.39. The van der Waals surface area contributed by atoms with Gasteiger partial charge in [-0.15, -0.1) is 0 Å². The van der Waals surface area contributed by atoms with Crippen LogP contribution in [-0.4, -0.2) is 46.9 Å². The first-order chi connectivity index (χ1) is 32.0. The van der Waals surface area contributed by atoms with E-state index < -0.39 is 18.2 Å². The average molecular weight is 913 g/mol. The Morgan fingerprint density at radius 2 is 0.831 bits per heavy atom. The topological polar surface area (TPSA) is 95.9 Å². The number of nitrogens with one attached hydrogen (secondary N) is 1. The first kappa shape index (κ1) is 62.8. The van der Waals surface area contributed by atoms with Gasteiger partial charge in [0, 0.05) is 6.42 Å². The highest BCUT2D eigenvalue weighted by Crippen LogP contribution is 2.18. The second-order valence-corrected chi connectivity index (χ2v) is 19.3. The minimum absolute atomic E-state index is 0.0591. The lowest BCUT2D eigenvalue weighted by Crippen LogP contribution is -2.46. The summed E-state index contributed by atoms with van der Waals surface area (Å²) in [5.74, 6) is -0.505. The Balaban J connectivity index is 4.58. The molecule has 0 aliphatic heterocycles. The number of unbranched alkanes of at least 4 members (excludes halogenated alkanes) is 31. The quantitative estimate of drug-likeness (QED) is 0.0321. The minimum atomic E-state index is -0.796. The number of ether oxygens (including phenoxy) is 1. The zero-order valence-electron chi connectivity index (χ0n) is 43.4. The van der Waals surface area contributed by atoms with Gasteiger partial charge >= 0.3 is 5.97 Å². The van der Waals surface area contributed by atoms with Gasteiger partial charge < -0.3 is 20.3 Å². The number of aliphatic hydroxyl groups excluding tert-OH is 2. The van der Waals surface area contributed by atoms with Crippen LogP contribution in [0, 0.1) is 0 Å². The zero-order valence-corrected chi connectivity index (χ0v) is 43.4. The number of esters is 1. The molecule has 6 heteroatoms. The van der Waals surface area contributed by atoms with Crippen molar-refractivity contribution in [1.82, 2.24) is 5.32 Å². The Hall–Kier alpha value is -2.18. The van der Waals surface area contributed by atoms with Gasteiger partial charge in [-0.05, 0) is 83.5 Å². The molecular formula is C59H109NO5. The monoisotopic (exact) mass is 912 g/mol. The summed E-state index contributed by atoms with van der Waals surface area (Å²) < 4.78 is 5.94. The van der Waals surface area contributed by atoms with Crippen LogP contribution in [-0.2, 0) is 14.3 Å². The lowest BCUT2D eigenvalue weighted by atomic mass is 10.0. The molecular weight excluding hydrogens is 803 g/mol. The molecule has 0 spiro atoms. The van der Waals surface area contributed by atoms with Crippen LogP contribution in [0.25, 0.3) is 0 Å². The molecule has 0 aliphatic rings. The van der Waals surface area contributed by atoms with Crippen molar-refractivity contribution in [3.63, 3.8) is 0 Å². The van der Waals surface area contributed by atoms with Crippen molar-refractivity contribution in [2.75, 3.05) is 6.61 Å². The Morgan fingerprint density at radius 3 is 1.29 bits per heavy atom. The fraction of sp³-hybridized carbons (Fsp3) is 0.831. The fourth-order valence-electron chi connectivity index (χ4n) is 8.62. The van der Waals surface area contributed by atoms with Crippen LogP contribution < -0.4 is 5.32 Å². The van der Waals surface area contributed by atoms with E-state index in [4.69, 9.17) is 4.74 Å². The molecule has 0 heterocycles. The van der Waals surface area contributed by atoms with Crippen LogP contribution in [0.3, 0.4) is 0 Å². The molecule has 1 amide bonds. The van der Waals surface area contributed by atoms with Crippen molar-refractivity contribution in [2.45, 2.75) is 309 Å². The van der Waals surface area contributed by atoms with E-state index in [1.807, 2.05) is 0 Å². The molecule has 0 aromatic heterocycles. The lowest BCUT2D eigenvalue weighted by Gasteiger charge is -2.24. The molecule has 0 bridgehead atoms. The van der Waals surface area contributed by atoms with Crippen molar-refractivity contribution < 1.29 is 24.5 Å². The predicted octanol–water partition coefficient (Wildman–Crippen LogP) is 17.4. The third-order valence-electron chi connectivity index (χ3n) is 12.9. The molecule has 0 radical (unpaired) electrons. The summed E-state index contributed by atoms with van der Waals surface area (Å²) in [6.07, 6.45) is 64.6. The summed E-state index contributed by atoms with van der Waals surface area (Å²) in [6, 6.07) is -0.711. The predicted molar refractivity (Wildman–Crippen MR) is 282 cm³/mol. The smallest absolute Gasteiger partial charge is 0.306 e. The molecule has 0 rings (SSSR count). The van der Waals surface area contributed by atoms with Gasteiger partial charge in [0.2, 0.25) is 5.91 Å². The van der Waals surface area contributed by atoms with Gasteiger partial charge in [0.05, 0.1) is 25.2 Å². The second-order valence-electron chi connectivity index (χ2n) is 19.3. The molecule has 3 N–H and O–H groups in total. The molecule has 0 fully saturated rings. The third kappa shape index (κ3) is 48.1. The van der Waals surface area contributed by atoms with E-state index in [1.54, 1.807) is 0 Å². The molecule has 65 heavy (non-hydrogen) atoms. The van der Waals surface area contributed by atoms with Gasteiger partial charge in [-0.1, -0.05) is 243 Å². The number of rotatable bonds is 51. The molecule has 3 unspecified atom stereocenters. The van der Waals surface area contributed by atoms with E-state index in [-0.39, 0.29) is 24.9 Å². The fourth-order valence-corrected chi connectivity index (χ4v) is 8.62. The van der Waals surface area contributed by atoms with Gasteiger partial charge in [0.15, 0.2) is 0 Å². The maximum absolute atomic E-state index is 13.3. The Kier molecular flexibility index (Phi) is 51.0. The summed E-state index contributed by atoms with van der Waals surface area (Å²) >= 11 is 0. The van der Waals surface area contributed by atoms with Crippen molar-refractivity contribution in [2.24, 2.45) is 0 Å². The molecule has 380 valence electrons. The van der Waals surface area contributed by atoms with Gasteiger partial charge in [0.25, 0.3) is 0 Å². The van der Waals surface area contributed by atoms with Gasteiger partial charge in [-0.3, -0.25) is 9.59 Å². The Labute approximate surface area is 404 Å². The third-order valence-corrected chi connectivity index (χ3v) is 12.9. The zero-order chi connectivity index (χ0) is 47.4. The van der Waals surface area contributed by atoms with Crippen LogP contribution in [0.1, 0.15) is 290 Å². The van der Waals surface area contributed by atoms with Crippen LogP contribution in [0.5, 0.6) is 0 Å². The highest BCUT2D eigenvalue weighted by atomic mass is 16.5. The highest BCUT2D eigenvalue weighted by molar-refractivity contribution is 5.77. The van der Waals surface area contributed by atoms with Gasteiger partial charge in [0.1, 0.15) is 6.10 Å². The van der Waals surface area contributed by atoms with E-state index in [0.717, 1.165) is 96.3 Å². The van der Waals surface area contributed by atoms with Gasteiger partial charge in [-0.25, -0.2) is 0 Å². The van der Waals surface area contributed by atoms with Crippen molar-refractivity contribution in [3.05, 3.63) is 48.6 Å². The SMILES string of the molecule is CC/C=C/C/C=C/C/C=C/CCCCCCC(=O)OC(CCCCC/C=C/CCCCCCCCCCC)CC(=O)NC(CO)C(O)CCCCCCCCCCCCCCCCCC. The molecule has 0 saturated heterocycles. The number of amides is 1. The molecule has 0 aromatic carbocycles. The maximum Gasteiger partial charge on any atom is 0.306 e. The Morgan fingerprint density at radius 1 is 0.462 bits per heavy atom. The van der Waals surface area contributed by atoms with Crippen LogP contribution >= 0.6 is 0 Å². The molecule has 3 atom stereocenters. The van der Waals surface area contributed by atoms with Crippen LogP contribution in [0.2, 0.25) is 0 Å². The number of hydrogen-bond donors (Lipinski definition) is 3. The summed E-state index contributed by atoms with van der Waals surface area (Å²) in [7, 11) is 0. The second kappa shape index (κ2) is 52.8. The number of carbonyl (C=O) groups excluding carboxylic acids is 2. The molecule has 0 aliphatic carbocycles. The first-order valence-corrected chi connectivity index (χ1v) is 28.4. The standard InChI is InChI=1S/C59H109NO5/c1-4-7-10-13-16-19-22-25-28-30-32-35-38-41-44-47-50-55(65-59(64)52-49-46-43-40-37-34-27-24-21-18-15-12-9-6-3)53-58(63)60-56(54-61)57(62)51-48-45-42-39-36-33-31-29-26-23-20-17-14-11-8-5-2/h9,12,18,21,27,32,34-35,55-57,61-62H,4-8,10-11,13-17,19-20,22-26,28-31,33,36-54H2,1-3H3,(H,60,63)/b12-9+,21-18+,34-27+,35-32+. The molecule has 6 nitrogen and oxygen atoms in total. The Bertz CT molecular complexity index is 1110. The first-order valence-electron chi connectivity index (χ1n) is 28.4. The van der Waals surface area contributed by atoms with Crippen molar-refractivity contribution >= 4 is 11.9 Å². The lowest BCUT2D eigenvalue weighted by molar-refractivity contribution is -0.151. The van der Waals surface area contributed by atoms with E-state index in [0.29, 0.717) is 19.3 Å². The molecule has 0 saturated carbocycles. The summed E-state index contributed by atoms with van der Waals surface area (Å²) in [4.78, 5) is 26.2. The largest absolute Gasteiger partial charge is 0.462 e. The van der Waals surface area contributed by atoms with E-state index in [9.17, 15) is 19.8 Å².